The highest BCUT2D eigenvalue weighted by atomic mass is 16.2. The van der Waals surface area contributed by atoms with E-state index in [9.17, 15) is 4.79 Å². The molecule has 3 rings (SSSR count). The monoisotopic (exact) mass is 345 g/mol. The molecule has 1 aliphatic heterocycles. The van der Waals surface area contributed by atoms with Crippen LogP contribution in [0, 0.1) is 19.8 Å². The molecule has 1 saturated carbocycles. The normalized spacial score (nSPS) is 20.2. The summed E-state index contributed by atoms with van der Waals surface area (Å²) in [6.07, 6.45) is 8.79. The van der Waals surface area contributed by atoms with E-state index in [-0.39, 0.29) is 5.91 Å². The maximum atomic E-state index is 13.1. The summed E-state index contributed by atoms with van der Waals surface area (Å²) in [5, 5.41) is 3.44. The standard InChI is InChI=1S/C21H35N3O/c1-4-22-15-18-10-12-23(13-11-18)21(25)20-14-16(2)24(17(20)3)19-8-6-5-7-9-19/h14,18-19,22H,4-13,15H2,1-3H3. The van der Waals surface area contributed by atoms with E-state index >= 15 is 0 Å². The number of aryl methyl sites for hydroxylation is 1. The van der Waals surface area contributed by atoms with Crippen LogP contribution in [0.25, 0.3) is 0 Å². The molecule has 1 amide bonds. The topological polar surface area (TPSA) is 37.3 Å². The number of nitrogens with one attached hydrogen (secondary N) is 1. The number of piperidine rings is 1. The highest BCUT2D eigenvalue weighted by molar-refractivity contribution is 5.95. The first-order valence-corrected chi connectivity index (χ1v) is 10.3. The van der Waals surface area contributed by atoms with E-state index in [0.717, 1.165) is 50.5 Å². The van der Waals surface area contributed by atoms with Gasteiger partial charge in [0, 0.05) is 30.5 Å². The minimum absolute atomic E-state index is 0.247. The van der Waals surface area contributed by atoms with E-state index in [4.69, 9.17) is 0 Å². The molecular formula is C21H35N3O. The number of carbonyl (C=O) groups excluding carboxylic acids is 1. The maximum Gasteiger partial charge on any atom is 0.255 e. The van der Waals surface area contributed by atoms with E-state index in [1.807, 2.05) is 0 Å². The van der Waals surface area contributed by atoms with Gasteiger partial charge in [-0.25, -0.2) is 0 Å². The smallest absolute Gasteiger partial charge is 0.255 e. The molecule has 0 unspecified atom stereocenters. The maximum absolute atomic E-state index is 13.1. The molecule has 25 heavy (non-hydrogen) atoms. The lowest BCUT2D eigenvalue weighted by molar-refractivity contribution is 0.0689. The summed E-state index contributed by atoms with van der Waals surface area (Å²) in [6, 6.07) is 2.73. The number of aromatic nitrogens is 1. The van der Waals surface area contributed by atoms with Gasteiger partial charge in [-0.3, -0.25) is 4.79 Å². The number of amides is 1. The Balaban J connectivity index is 1.67. The quantitative estimate of drug-likeness (QED) is 0.873. The lowest BCUT2D eigenvalue weighted by atomic mass is 9.95. The number of likely N-dealkylation sites (tertiary alicyclic amines) is 1. The van der Waals surface area contributed by atoms with E-state index < -0.39 is 0 Å². The molecule has 1 N–H and O–H groups in total. The third-order valence-electron chi connectivity index (χ3n) is 6.24. The number of carbonyl (C=O) groups is 1. The summed E-state index contributed by atoms with van der Waals surface area (Å²) in [5.74, 6) is 0.968. The number of nitrogens with zero attached hydrogens (tertiary/aromatic N) is 2. The van der Waals surface area contributed by atoms with E-state index in [1.54, 1.807) is 0 Å². The Morgan fingerprint density at radius 1 is 1.12 bits per heavy atom. The van der Waals surface area contributed by atoms with Gasteiger partial charge in [0.15, 0.2) is 0 Å². The molecular weight excluding hydrogens is 310 g/mol. The number of hydrogen-bond acceptors (Lipinski definition) is 2. The zero-order valence-corrected chi connectivity index (χ0v) is 16.3. The van der Waals surface area contributed by atoms with E-state index in [0.29, 0.717) is 6.04 Å². The molecule has 4 heteroatoms. The van der Waals surface area contributed by atoms with Crippen LogP contribution in [0.15, 0.2) is 6.07 Å². The van der Waals surface area contributed by atoms with Crippen molar-refractivity contribution in [3.8, 4) is 0 Å². The van der Waals surface area contributed by atoms with Gasteiger partial charge in [-0.05, 0) is 64.6 Å². The van der Waals surface area contributed by atoms with Crippen LogP contribution in [0.1, 0.15) is 79.7 Å². The van der Waals surface area contributed by atoms with Crippen LogP contribution in [-0.2, 0) is 0 Å². The molecule has 0 atom stereocenters. The molecule has 2 fully saturated rings. The van der Waals surface area contributed by atoms with Crippen molar-refractivity contribution in [3.63, 3.8) is 0 Å². The second-order valence-electron chi connectivity index (χ2n) is 7.99. The third kappa shape index (κ3) is 4.11. The molecule has 140 valence electrons. The molecule has 2 heterocycles. The summed E-state index contributed by atoms with van der Waals surface area (Å²) in [7, 11) is 0. The fraction of sp³-hybridized carbons (Fsp3) is 0.762. The van der Waals surface area contributed by atoms with Crippen LogP contribution in [0.3, 0.4) is 0 Å². The molecule has 0 radical (unpaired) electrons. The highest BCUT2D eigenvalue weighted by Gasteiger charge is 2.27. The lowest BCUT2D eigenvalue weighted by Gasteiger charge is -2.32. The first-order valence-electron chi connectivity index (χ1n) is 10.3. The van der Waals surface area contributed by atoms with Crippen LogP contribution >= 0.6 is 0 Å². The Kier molecular flexibility index (Phi) is 6.21. The number of hydrogen-bond donors (Lipinski definition) is 1. The summed E-state index contributed by atoms with van der Waals surface area (Å²) in [4.78, 5) is 15.2. The molecule has 1 aromatic heterocycles. The van der Waals surface area contributed by atoms with Crippen LogP contribution < -0.4 is 5.32 Å². The molecule has 0 aromatic carbocycles. The largest absolute Gasteiger partial charge is 0.345 e. The number of rotatable bonds is 5. The Morgan fingerprint density at radius 2 is 1.80 bits per heavy atom. The Hall–Kier alpha value is -1.29. The Bertz CT molecular complexity index is 578. The first-order chi connectivity index (χ1) is 12.1. The average molecular weight is 346 g/mol. The highest BCUT2D eigenvalue weighted by Crippen LogP contribution is 2.32. The van der Waals surface area contributed by atoms with Crippen molar-refractivity contribution in [2.75, 3.05) is 26.2 Å². The predicted octanol–water partition coefficient (Wildman–Crippen LogP) is 4.07. The van der Waals surface area contributed by atoms with Crippen molar-refractivity contribution in [2.24, 2.45) is 5.92 Å². The van der Waals surface area contributed by atoms with Crippen molar-refractivity contribution in [3.05, 3.63) is 23.0 Å². The first kappa shape index (κ1) is 18.5. The van der Waals surface area contributed by atoms with Crippen molar-refractivity contribution >= 4 is 5.91 Å². The minimum atomic E-state index is 0.247. The van der Waals surface area contributed by atoms with Gasteiger partial charge in [-0.2, -0.15) is 0 Å². The molecule has 2 aliphatic rings. The van der Waals surface area contributed by atoms with Crippen LogP contribution in [0.5, 0.6) is 0 Å². The average Bonchev–Trinajstić information content (AvgIpc) is 2.95. The van der Waals surface area contributed by atoms with E-state index in [2.05, 4.69) is 41.6 Å². The second-order valence-corrected chi connectivity index (χ2v) is 7.99. The lowest BCUT2D eigenvalue weighted by Crippen LogP contribution is -2.41. The van der Waals surface area contributed by atoms with E-state index in [1.165, 1.54) is 43.5 Å². The van der Waals surface area contributed by atoms with Gasteiger partial charge in [0.1, 0.15) is 0 Å². The molecule has 0 bridgehead atoms. The second kappa shape index (κ2) is 8.39. The Morgan fingerprint density at radius 3 is 2.44 bits per heavy atom. The zero-order chi connectivity index (χ0) is 17.8. The van der Waals surface area contributed by atoms with Gasteiger partial charge in [-0.1, -0.05) is 26.2 Å². The zero-order valence-electron chi connectivity index (χ0n) is 16.3. The molecule has 0 spiro atoms. The third-order valence-corrected chi connectivity index (χ3v) is 6.24. The summed E-state index contributed by atoms with van der Waals surface area (Å²) < 4.78 is 2.45. The Labute approximate surface area is 153 Å². The summed E-state index contributed by atoms with van der Waals surface area (Å²) in [6.45, 7) is 10.4. The molecule has 1 aromatic rings. The van der Waals surface area contributed by atoms with Crippen molar-refractivity contribution < 1.29 is 4.79 Å². The van der Waals surface area contributed by atoms with Crippen molar-refractivity contribution in [1.82, 2.24) is 14.8 Å². The minimum Gasteiger partial charge on any atom is -0.345 e. The molecule has 1 aliphatic carbocycles. The van der Waals surface area contributed by atoms with Gasteiger partial charge in [-0.15, -0.1) is 0 Å². The molecule has 4 nitrogen and oxygen atoms in total. The summed E-state index contributed by atoms with van der Waals surface area (Å²) in [5.41, 5.74) is 3.38. The van der Waals surface area contributed by atoms with Gasteiger partial charge < -0.3 is 14.8 Å². The summed E-state index contributed by atoms with van der Waals surface area (Å²) >= 11 is 0. The van der Waals surface area contributed by atoms with Crippen LogP contribution in [0.4, 0.5) is 0 Å². The van der Waals surface area contributed by atoms with Gasteiger partial charge in [0.05, 0.1) is 5.56 Å². The van der Waals surface area contributed by atoms with Gasteiger partial charge >= 0.3 is 0 Å². The van der Waals surface area contributed by atoms with Crippen molar-refractivity contribution in [1.29, 1.82) is 0 Å². The van der Waals surface area contributed by atoms with Crippen molar-refractivity contribution in [2.45, 2.75) is 71.8 Å². The van der Waals surface area contributed by atoms with Gasteiger partial charge in [0.25, 0.3) is 5.91 Å². The van der Waals surface area contributed by atoms with Crippen LogP contribution in [-0.4, -0.2) is 41.6 Å². The van der Waals surface area contributed by atoms with Gasteiger partial charge in [0.2, 0.25) is 0 Å². The fourth-order valence-electron chi connectivity index (χ4n) is 4.75. The molecule has 1 saturated heterocycles. The SMILES string of the molecule is CCNCC1CCN(C(=O)c2cc(C)n(C3CCCCC3)c2C)CC1. The fourth-order valence-corrected chi connectivity index (χ4v) is 4.75. The van der Waals surface area contributed by atoms with Crippen LogP contribution in [0.2, 0.25) is 0 Å². The predicted molar refractivity (Wildman–Crippen MR) is 103 cm³/mol.